The lowest BCUT2D eigenvalue weighted by atomic mass is 9.99. The molecule has 0 fully saturated rings. The lowest BCUT2D eigenvalue weighted by molar-refractivity contribution is 0.0951. The van der Waals surface area contributed by atoms with E-state index < -0.39 is 15.8 Å². The molecule has 0 radical (unpaired) electrons. The average molecular weight is 294 g/mol. The van der Waals surface area contributed by atoms with Gasteiger partial charge in [0.2, 0.25) is 5.89 Å². The van der Waals surface area contributed by atoms with E-state index in [1.165, 1.54) is 0 Å². The molecule has 20 heavy (non-hydrogen) atoms. The van der Waals surface area contributed by atoms with Gasteiger partial charge in [-0.15, -0.1) is 0 Å². The van der Waals surface area contributed by atoms with E-state index in [0.717, 1.165) is 6.26 Å². The maximum absolute atomic E-state index is 12.2. The first-order valence-corrected chi connectivity index (χ1v) is 8.02. The van der Waals surface area contributed by atoms with Crippen LogP contribution in [0.2, 0.25) is 0 Å². The molecule has 0 N–H and O–H groups in total. The fourth-order valence-electron chi connectivity index (χ4n) is 1.70. The number of rotatable bonds is 5. The Hall–Kier alpha value is -2.02. The monoisotopic (exact) mass is 294 g/mol. The van der Waals surface area contributed by atoms with Gasteiger partial charge in [0.1, 0.15) is 5.75 Å². The third kappa shape index (κ3) is 3.51. The number of hydrogen-bond acceptors (Lipinski definition) is 6. The molecule has 106 valence electrons. The molecule has 1 aromatic heterocycles. The number of sulfone groups is 1. The second kappa shape index (κ2) is 5.54. The Labute approximate surface area is 116 Å². The van der Waals surface area contributed by atoms with Gasteiger partial charge >= 0.3 is 0 Å². The molecule has 6 nitrogen and oxygen atoms in total. The van der Waals surface area contributed by atoms with E-state index in [-0.39, 0.29) is 23.3 Å². The van der Waals surface area contributed by atoms with Gasteiger partial charge in [0, 0.05) is 11.8 Å². The van der Waals surface area contributed by atoms with E-state index >= 15 is 0 Å². The van der Waals surface area contributed by atoms with Crippen LogP contribution in [-0.4, -0.2) is 30.6 Å². The van der Waals surface area contributed by atoms with Crippen molar-refractivity contribution in [1.82, 2.24) is 10.1 Å². The first-order valence-electron chi connectivity index (χ1n) is 5.96. The lowest BCUT2D eigenvalue weighted by Crippen LogP contribution is -2.10. The molecule has 1 aromatic carbocycles. The van der Waals surface area contributed by atoms with Crippen molar-refractivity contribution in [1.29, 1.82) is 0 Å². The van der Waals surface area contributed by atoms with E-state index in [4.69, 9.17) is 4.52 Å². The molecule has 2 aromatic rings. The highest BCUT2D eigenvalue weighted by Gasteiger charge is 2.23. The summed E-state index contributed by atoms with van der Waals surface area (Å²) in [6.45, 7) is 1.65. The molecule has 0 aliphatic carbocycles. The summed E-state index contributed by atoms with van der Waals surface area (Å²) in [4.78, 5) is 16.2. The summed E-state index contributed by atoms with van der Waals surface area (Å²) in [6.07, 6.45) is 1.08. The number of nitrogens with zero attached hydrogens (tertiary/aromatic N) is 2. The summed E-state index contributed by atoms with van der Waals surface area (Å²) >= 11 is 0. The summed E-state index contributed by atoms with van der Waals surface area (Å²) in [5.74, 6) is -0.881. The van der Waals surface area contributed by atoms with E-state index in [2.05, 4.69) is 10.1 Å². The zero-order valence-corrected chi connectivity index (χ0v) is 11.9. The molecule has 1 heterocycles. The highest BCUT2D eigenvalue weighted by atomic mass is 32.2. The number of hydrogen-bond donors (Lipinski definition) is 0. The van der Waals surface area contributed by atoms with Crippen LogP contribution in [0.3, 0.4) is 0 Å². The van der Waals surface area contributed by atoms with Crippen LogP contribution in [0.15, 0.2) is 34.9 Å². The number of aromatic nitrogens is 2. The van der Waals surface area contributed by atoms with Gasteiger partial charge in [-0.2, -0.15) is 4.98 Å². The molecule has 0 spiro atoms. The first kappa shape index (κ1) is 14.4. The maximum atomic E-state index is 12.2. The summed E-state index contributed by atoms with van der Waals surface area (Å²) < 4.78 is 27.3. The van der Waals surface area contributed by atoms with Gasteiger partial charge < -0.3 is 4.52 Å². The normalized spacial score (nSPS) is 13.1. The summed E-state index contributed by atoms with van der Waals surface area (Å²) in [5, 5.41) is 3.58. The van der Waals surface area contributed by atoms with Crippen molar-refractivity contribution in [3.63, 3.8) is 0 Å². The number of Topliss-reactive ketones (excluding diaryl/α,β-unsaturated/α-hetero) is 1. The highest BCUT2D eigenvalue weighted by Crippen LogP contribution is 2.19. The van der Waals surface area contributed by atoms with Crippen LogP contribution in [0.1, 0.15) is 34.9 Å². The number of benzene rings is 1. The lowest BCUT2D eigenvalue weighted by Gasteiger charge is -2.04. The second-order valence-electron chi connectivity index (χ2n) is 4.57. The van der Waals surface area contributed by atoms with Crippen LogP contribution in [-0.2, 0) is 15.6 Å². The van der Waals surface area contributed by atoms with Crippen molar-refractivity contribution in [3.05, 3.63) is 47.6 Å². The molecule has 0 saturated heterocycles. The second-order valence-corrected chi connectivity index (χ2v) is 6.71. The molecular formula is C13H14N2O4S. The molecular weight excluding hydrogens is 280 g/mol. The van der Waals surface area contributed by atoms with E-state index in [1.54, 1.807) is 31.2 Å². The van der Waals surface area contributed by atoms with Crippen molar-refractivity contribution in [2.24, 2.45) is 0 Å². The molecule has 0 aliphatic heterocycles. The molecule has 0 saturated carbocycles. The fraction of sp³-hybridized carbons (Fsp3) is 0.308. The Bertz CT molecular complexity index is 707. The number of ketones is 1. The minimum atomic E-state index is -3.23. The smallest absolute Gasteiger partial charge is 0.237 e. The molecule has 0 bridgehead atoms. The molecule has 2 rings (SSSR count). The van der Waals surface area contributed by atoms with Crippen LogP contribution in [0, 0.1) is 0 Å². The number of carbonyl (C=O) groups excluding carboxylic acids is 1. The van der Waals surface area contributed by atoms with E-state index in [9.17, 15) is 13.2 Å². The quantitative estimate of drug-likeness (QED) is 0.778. The highest BCUT2D eigenvalue weighted by molar-refractivity contribution is 7.89. The van der Waals surface area contributed by atoms with Crippen LogP contribution in [0.25, 0.3) is 0 Å². The minimum absolute atomic E-state index is 0.0650. The van der Waals surface area contributed by atoms with Crippen LogP contribution in [0.4, 0.5) is 0 Å². The van der Waals surface area contributed by atoms with Crippen LogP contribution >= 0.6 is 0 Å². The Balaban J connectivity index is 2.18. The fourth-order valence-corrected chi connectivity index (χ4v) is 2.29. The molecule has 7 heteroatoms. The Morgan fingerprint density at radius 2 is 1.95 bits per heavy atom. The van der Waals surface area contributed by atoms with E-state index in [1.807, 2.05) is 6.07 Å². The summed E-state index contributed by atoms with van der Waals surface area (Å²) in [5.41, 5.74) is 0.544. The van der Waals surface area contributed by atoms with Gasteiger partial charge in [-0.05, 0) is 6.92 Å². The minimum Gasteiger partial charge on any atom is -0.339 e. The Morgan fingerprint density at radius 3 is 2.55 bits per heavy atom. The van der Waals surface area contributed by atoms with E-state index in [0.29, 0.717) is 5.56 Å². The summed E-state index contributed by atoms with van der Waals surface area (Å²) in [6, 6.07) is 8.75. The van der Waals surface area contributed by atoms with Gasteiger partial charge in [-0.3, -0.25) is 4.79 Å². The third-order valence-electron chi connectivity index (χ3n) is 2.70. The van der Waals surface area contributed by atoms with Crippen LogP contribution in [0.5, 0.6) is 0 Å². The Kier molecular flexibility index (Phi) is 3.99. The van der Waals surface area contributed by atoms with Crippen molar-refractivity contribution in [2.45, 2.75) is 18.6 Å². The van der Waals surface area contributed by atoms with Gasteiger partial charge in [-0.1, -0.05) is 35.5 Å². The third-order valence-corrected chi connectivity index (χ3v) is 3.48. The van der Waals surface area contributed by atoms with Crippen molar-refractivity contribution < 1.29 is 17.7 Å². The van der Waals surface area contributed by atoms with Gasteiger partial charge in [-0.25, -0.2) is 8.42 Å². The predicted molar refractivity (Wildman–Crippen MR) is 72.0 cm³/mol. The van der Waals surface area contributed by atoms with Crippen molar-refractivity contribution >= 4 is 15.6 Å². The van der Waals surface area contributed by atoms with Crippen molar-refractivity contribution in [2.75, 3.05) is 6.26 Å². The largest absolute Gasteiger partial charge is 0.339 e. The summed E-state index contributed by atoms with van der Waals surface area (Å²) in [7, 11) is -3.23. The topological polar surface area (TPSA) is 90.1 Å². The Morgan fingerprint density at radius 1 is 1.30 bits per heavy atom. The zero-order valence-electron chi connectivity index (χ0n) is 11.1. The molecule has 0 amide bonds. The van der Waals surface area contributed by atoms with Gasteiger partial charge in [0.15, 0.2) is 21.4 Å². The SMILES string of the molecule is CC(C(=O)c1ccccc1)c1nc(CS(C)(=O)=O)no1. The predicted octanol–water partition coefficient (Wildman–Crippen LogP) is 1.60. The van der Waals surface area contributed by atoms with Gasteiger partial charge in [0.05, 0.1) is 5.92 Å². The standard InChI is InChI=1S/C13H14N2O4S/c1-9(12(16)10-6-4-3-5-7-10)13-14-11(15-19-13)8-20(2,17)18/h3-7,9H,8H2,1-2H3. The maximum Gasteiger partial charge on any atom is 0.237 e. The van der Waals surface area contributed by atoms with Crippen molar-refractivity contribution in [3.8, 4) is 0 Å². The zero-order chi connectivity index (χ0) is 14.8. The first-order chi connectivity index (χ1) is 9.37. The molecule has 1 unspecified atom stereocenters. The average Bonchev–Trinajstić information content (AvgIpc) is 2.84. The van der Waals surface area contributed by atoms with Gasteiger partial charge in [0.25, 0.3) is 0 Å². The number of carbonyl (C=O) groups is 1. The molecule has 0 aliphatic rings. The molecule has 1 atom stereocenters. The van der Waals surface area contributed by atoms with Crippen LogP contribution < -0.4 is 0 Å².